The fraction of sp³-hybridized carbons (Fsp3) is 0.0200. The Morgan fingerprint density at radius 1 is 0.481 bits per heavy atom. The largest absolute Gasteiger partial charge is 0.456 e. The molecule has 0 fully saturated rings. The fourth-order valence-corrected chi connectivity index (χ4v) is 8.66. The van der Waals surface area contributed by atoms with E-state index >= 15 is 0 Å². The molecule has 0 aliphatic heterocycles. The second-order valence-corrected chi connectivity index (χ2v) is 14.0. The molecule has 3 heterocycles. The van der Waals surface area contributed by atoms with Crippen molar-refractivity contribution in [3.05, 3.63) is 187 Å². The molecule has 0 amide bonds. The second kappa shape index (κ2) is 11.8. The molecule has 0 spiro atoms. The molecule has 54 heavy (non-hydrogen) atoms. The molecule has 0 saturated carbocycles. The number of para-hydroxylation sites is 4. The smallest absolute Gasteiger partial charge is 0.137 e. The van der Waals surface area contributed by atoms with Crippen LogP contribution in [0.1, 0.15) is 11.1 Å². The summed E-state index contributed by atoms with van der Waals surface area (Å²) in [5.74, 6) is 0. The van der Waals surface area contributed by atoms with Gasteiger partial charge in [-0.05, 0) is 70.8 Å². The SMILES string of the molecule is N#Cc1cc(-c2ccc(Cn3c4ccccc4c4ccc5oc6ccccc6c5c43)cc2-n2c3ccccc3c3ccccc32)ccc1-c1ccccc1. The van der Waals surface area contributed by atoms with Crippen LogP contribution in [-0.2, 0) is 6.54 Å². The molecule has 4 heteroatoms. The van der Waals surface area contributed by atoms with Crippen LogP contribution in [0.4, 0.5) is 0 Å². The van der Waals surface area contributed by atoms with E-state index in [1.807, 2.05) is 30.3 Å². The van der Waals surface area contributed by atoms with Crippen molar-refractivity contribution in [1.29, 1.82) is 5.26 Å². The number of aromatic nitrogens is 2. The second-order valence-electron chi connectivity index (χ2n) is 14.0. The first-order valence-electron chi connectivity index (χ1n) is 18.3. The Bertz CT molecular complexity index is 3260. The third kappa shape index (κ3) is 4.49. The third-order valence-electron chi connectivity index (χ3n) is 11.0. The topological polar surface area (TPSA) is 46.8 Å². The molecule has 0 radical (unpaired) electrons. The highest BCUT2D eigenvalue weighted by Crippen LogP contribution is 2.41. The summed E-state index contributed by atoms with van der Waals surface area (Å²) in [6, 6.07) is 64.4. The molecule has 0 aliphatic carbocycles. The molecule has 3 aromatic heterocycles. The fourth-order valence-electron chi connectivity index (χ4n) is 8.66. The van der Waals surface area contributed by atoms with Crippen LogP contribution in [0.25, 0.3) is 93.5 Å². The molecule has 0 atom stereocenters. The predicted octanol–water partition coefficient (Wildman–Crippen LogP) is 13.0. The van der Waals surface area contributed by atoms with Crippen LogP contribution in [-0.4, -0.2) is 9.13 Å². The van der Waals surface area contributed by atoms with Crippen LogP contribution >= 0.6 is 0 Å². The quantitative estimate of drug-likeness (QED) is 0.181. The highest BCUT2D eigenvalue weighted by molar-refractivity contribution is 6.24. The predicted molar refractivity (Wildman–Crippen MR) is 222 cm³/mol. The van der Waals surface area contributed by atoms with Crippen molar-refractivity contribution in [3.63, 3.8) is 0 Å². The van der Waals surface area contributed by atoms with Crippen LogP contribution in [0, 0.1) is 11.3 Å². The maximum absolute atomic E-state index is 10.4. The van der Waals surface area contributed by atoms with Gasteiger partial charge in [0.05, 0.1) is 39.3 Å². The maximum Gasteiger partial charge on any atom is 0.137 e. The average Bonchev–Trinajstić information content (AvgIpc) is 3.89. The minimum absolute atomic E-state index is 0.651. The van der Waals surface area contributed by atoms with Gasteiger partial charge in [0, 0.05) is 44.6 Å². The molecule has 11 rings (SSSR count). The van der Waals surface area contributed by atoms with E-state index in [0.29, 0.717) is 12.1 Å². The summed E-state index contributed by atoms with van der Waals surface area (Å²) in [4.78, 5) is 0. The van der Waals surface area contributed by atoms with E-state index in [4.69, 9.17) is 4.42 Å². The van der Waals surface area contributed by atoms with Gasteiger partial charge in [-0.25, -0.2) is 0 Å². The first-order chi connectivity index (χ1) is 26.7. The lowest BCUT2D eigenvalue weighted by atomic mass is 9.94. The number of furan rings is 1. The van der Waals surface area contributed by atoms with E-state index in [9.17, 15) is 5.26 Å². The van der Waals surface area contributed by atoms with Gasteiger partial charge in [-0.15, -0.1) is 0 Å². The van der Waals surface area contributed by atoms with Crippen molar-refractivity contribution in [3.8, 4) is 34.0 Å². The van der Waals surface area contributed by atoms with Crippen molar-refractivity contribution in [2.24, 2.45) is 0 Å². The van der Waals surface area contributed by atoms with Crippen LogP contribution in [0.3, 0.4) is 0 Å². The van der Waals surface area contributed by atoms with Crippen LogP contribution < -0.4 is 0 Å². The highest BCUT2D eigenvalue weighted by atomic mass is 16.3. The molecular formula is C50H31N3O. The zero-order valence-corrected chi connectivity index (χ0v) is 29.2. The summed E-state index contributed by atoms with van der Waals surface area (Å²) >= 11 is 0. The Hall–Kier alpha value is -7.35. The monoisotopic (exact) mass is 689 g/mol. The minimum atomic E-state index is 0.651. The van der Waals surface area contributed by atoms with E-state index < -0.39 is 0 Å². The molecular weight excluding hydrogens is 659 g/mol. The first kappa shape index (κ1) is 30.3. The van der Waals surface area contributed by atoms with E-state index in [1.165, 1.54) is 38.1 Å². The van der Waals surface area contributed by atoms with E-state index in [0.717, 1.165) is 60.9 Å². The number of hydrogen-bond donors (Lipinski definition) is 0. The van der Waals surface area contributed by atoms with Gasteiger partial charge < -0.3 is 13.6 Å². The van der Waals surface area contributed by atoms with Gasteiger partial charge in [0.15, 0.2) is 0 Å². The Morgan fingerprint density at radius 2 is 1.11 bits per heavy atom. The van der Waals surface area contributed by atoms with Gasteiger partial charge in [0.25, 0.3) is 0 Å². The molecule has 0 saturated heterocycles. The van der Waals surface area contributed by atoms with Crippen molar-refractivity contribution in [2.75, 3.05) is 0 Å². The molecule has 0 N–H and O–H groups in total. The number of nitriles is 1. The molecule has 11 aromatic rings. The standard InChI is InChI=1S/C50H31N3O/c51-30-35-29-34(23-25-36(35)33-12-2-1-3-13-33)37-24-22-32(28-46(37)53-44-19-9-5-14-38(44)39-15-6-10-20-45(39)53)31-52-43-18-8-4-16-40(43)41-26-27-48-49(50(41)52)42-17-7-11-21-47(42)54-48/h1-29H,31H2. The van der Waals surface area contributed by atoms with Crippen molar-refractivity contribution < 1.29 is 4.42 Å². The van der Waals surface area contributed by atoms with Gasteiger partial charge in [-0.1, -0.05) is 127 Å². The molecule has 0 bridgehead atoms. The van der Waals surface area contributed by atoms with Gasteiger partial charge in [0.2, 0.25) is 0 Å². The molecule has 8 aromatic carbocycles. The zero-order chi connectivity index (χ0) is 35.8. The summed E-state index contributed by atoms with van der Waals surface area (Å²) in [6.45, 7) is 0.656. The third-order valence-corrected chi connectivity index (χ3v) is 11.0. The number of nitrogens with zero attached hydrogens (tertiary/aromatic N) is 3. The lowest BCUT2D eigenvalue weighted by Gasteiger charge is -2.18. The van der Waals surface area contributed by atoms with Crippen molar-refractivity contribution >= 4 is 65.6 Å². The summed E-state index contributed by atoms with van der Waals surface area (Å²) in [5, 5.41) is 17.5. The van der Waals surface area contributed by atoms with E-state index in [2.05, 4.69) is 161 Å². The Labute approximate surface area is 311 Å². The number of fused-ring (bicyclic) bond motifs is 10. The number of hydrogen-bond acceptors (Lipinski definition) is 2. The molecule has 0 unspecified atom stereocenters. The minimum Gasteiger partial charge on any atom is -0.456 e. The molecule has 4 nitrogen and oxygen atoms in total. The lowest BCUT2D eigenvalue weighted by Crippen LogP contribution is -2.03. The summed E-state index contributed by atoms with van der Waals surface area (Å²) in [7, 11) is 0. The first-order valence-corrected chi connectivity index (χ1v) is 18.3. The number of benzene rings is 8. The van der Waals surface area contributed by atoms with E-state index in [-0.39, 0.29) is 0 Å². The van der Waals surface area contributed by atoms with Gasteiger partial charge >= 0.3 is 0 Å². The van der Waals surface area contributed by atoms with Crippen molar-refractivity contribution in [1.82, 2.24) is 9.13 Å². The normalized spacial score (nSPS) is 11.8. The van der Waals surface area contributed by atoms with E-state index in [1.54, 1.807) is 0 Å². The van der Waals surface area contributed by atoms with Gasteiger partial charge in [-0.3, -0.25) is 0 Å². The molecule has 0 aliphatic rings. The maximum atomic E-state index is 10.4. The van der Waals surface area contributed by atoms with Crippen LogP contribution in [0.5, 0.6) is 0 Å². The Balaban J connectivity index is 1.17. The van der Waals surface area contributed by atoms with Gasteiger partial charge in [-0.2, -0.15) is 5.26 Å². The van der Waals surface area contributed by atoms with Gasteiger partial charge in [0.1, 0.15) is 11.2 Å². The summed E-state index contributed by atoms with van der Waals surface area (Å²) in [5.41, 5.74) is 13.3. The summed E-state index contributed by atoms with van der Waals surface area (Å²) in [6.07, 6.45) is 0. The van der Waals surface area contributed by atoms with Crippen LogP contribution in [0.15, 0.2) is 180 Å². The zero-order valence-electron chi connectivity index (χ0n) is 29.2. The lowest BCUT2D eigenvalue weighted by molar-refractivity contribution is 0.669. The molecule has 252 valence electrons. The highest BCUT2D eigenvalue weighted by Gasteiger charge is 2.21. The van der Waals surface area contributed by atoms with Crippen LogP contribution in [0.2, 0.25) is 0 Å². The Kier molecular flexibility index (Phi) is 6.65. The average molecular weight is 690 g/mol. The van der Waals surface area contributed by atoms with Crippen molar-refractivity contribution in [2.45, 2.75) is 6.54 Å². The number of rotatable bonds is 5. The Morgan fingerprint density at radius 3 is 1.85 bits per heavy atom. The summed E-state index contributed by atoms with van der Waals surface area (Å²) < 4.78 is 11.2.